The molecular formula is C14H12ClF2N3S. The smallest absolute Gasteiger partial charge is 0.319 e. The number of halogens is 3. The first-order valence-corrected chi connectivity index (χ1v) is 7.54. The summed E-state index contributed by atoms with van der Waals surface area (Å²) in [6.45, 7) is -0.319. The van der Waals surface area contributed by atoms with Crippen molar-refractivity contribution in [1.82, 2.24) is 9.55 Å². The van der Waals surface area contributed by atoms with Crippen molar-refractivity contribution in [1.29, 1.82) is 0 Å². The van der Waals surface area contributed by atoms with Gasteiger partial charge in [-0.3, -0.25) is 4.57 Å². The summed E-state index contributed by atoms with van der Waals surface area (Å²) in [6, 6.07) is 5.51. The highest BCUT2D eigenvalue weighted by atomic mass is 35.5. The number of pyridine rings is 1. The fourth-order valence-electron chi connectivity index (χ4n) is 2.26. The highest BCUT2D eigenvalue weighted by Gasteiger charge is 2.17. The number of hydrogen-bond acceptors (Lipinski definition) is 3. The number of aryl methyl sites for hydroxylation is 1. The number of nitrogens with one attached hydrogen (secondary N) is 1. The molecule has 21 heavy (non-hydrogen) atoms. The van der Waals surface area contributed by atoms with Crippen LogP contribution in [0.25, 0.3) is 11.0 Å². The van der Waals surface area contributed by atoms with Crippen LogP contribution >= 0.6 is 22.9 Å². The Hall–Kier alpha value is -1.66. The molecule has 0 atom stereocenters. The SMILES string of the molecule is Cc1cn(C(F)F)c2c(NCc3cccs3)cc(Cl)nc12. The fraction of sp³-hybridized carbons (Fsp3) is 0.214. The van der Waals surface area contributed by atoms with Crippen molar-refractivity contribution in [3.63, 3.8) is 0 Å². The Balaban J connectivity index is 2.07. The van der Waals surface area contributed by atoms with Gasteiger partial charge < -0.3 is 5.32 Å². The molecule has 0 aliphatic carbocycles. The summed E-state index contributed by atoms with van der Waals surface area (Å²) in [5.41, 5.74) is 2.11. The highest BCUT2D eigenvalue weighted by Crippen LogP contribution is 2.32. The van der Waals surface area contributed by atoms with E-state index in [0.29, 0.717) is 28.8 Å². The summed E-state index contributed by atoms with van der Waals surface area (Å²) < 4.78 is 27.3. The van der Waals surface area contributed by atoms with Crippen LogP contribution in [0.15, 0.2) is 29.8 Å². The molecule has 0 radical (unpaired) electrons. The molecule has 3 aromatic heterocycles. The number of rotatable bonds is 4. The number of aromatic nitrogens is 2. The average Bonchev–Trinajstić information content (AvgIpc) is 3.05. The van der Waals surface area contributed by atoms with Crippen LogP contribution in [-0.4, -0.2) is 9.55 Å². The van der Waals surface area contributed by atoms with Gasteiger partial charge in [0.1, 0.15) is 5.15 Å². The van der Waals surface area contributed by atoms with Crippen LogP contribution in [0.4, 0.5) is 14.5 Å². The summed E-state index contributed by atoms with van der Waals surface area (Å²) in [7, 11) is 0. The van der Waals surface area contributed by atoms with E-state index in [1.807, 2.05) is 17.5 Å². The molecule has 110 valence electrons. The predicted octanol–water partition coefficient (Wildman–Crippen LogP) is 5.07. The molecule has 1 N–H and O–H groups in total. The lowest BCUT2D eigenvalue weighted by molar-refractivity contribution is 0.0752. The van der Waals surface area contributed by atoms with Crippen LogP contribution in [0.2, 0.25) is 5.15 Å². The van der Waals surface area contributed by atoms with Crippen molar-refractivity contribution in [3.8, 4) is 0 Å². The number of hydrogen-bond donors (Lipinski definition) is 1. The molecule has 3 nitrogen and oxygen atoms in total. The first-order chi connectivity index (χ1) is 10.1. The van der Waals surface area contributed by atoms with E-state index in [0.717, 1.165) is 9.44 Å². The van der Waals surface area contributed by atoms with Gasteiger partial charge in [0.2, 0.25) is 0 Å². The van der Waals surface area contributed by atoms with Gasteiger partial charge in [-0.05, 0) is 23.9 Å². The topological polar surface area (TPSA) is 29.9 Å². The van der Waals surface area contributed by atoms with Crippen molar-refractivity contribution in [2.75, 3.05) is 5.32 Å². The molecule has 0 unspecified atom stereocenters. The maximum atomic E-state index is 13.2. The lowest BCUT2D eigenvalue weighted by Crippen LogP contribution is -2.03. The van der Waals surface area contributed by atoms with Crippen LogP contribution in [-0.2, 0) is 6.54 Å². The third-order valence-corrected chi connectivity index (χ3v) is 4.24. The van der Waals surface area contributed by atoms with E-state index in [4.69, 9.17) is 11.6 Å². The first kappa shape index (κ1) is 14.3. The van der Waals surface area contributed by atoms with Crippen molar-refractivity contribution in [2.45, 2.75) is 20.0 Å². The standard InChI is InChI=1S/C14H12ClF2N3S/c1-8-7-20(14(16)17)13-10(5-11(15)19-12(8)13)18-6-9-3-2-4-21-9/h2-5,7,14H,6H2,1H3,(H,18,19). The van der Waals surface area contributed by atoms with Gasteiger partial charge in [0.15, 0.2) is 0 Å². The fourth-order valence-corrected chi connectivity index (χ4v) is 3.10. The summed E-state index contributed by atoms with van der Waals surface area (Å²) in [5.74, 6) is 0. The van der Waals surface area contributed by atoms with Gasteiger partial charge in [0.25, 0.3) is 0 Å². The van der Waals surface area contributed by atoms with E-state index < -0.39 is 6.55 Å². The second kappa shape index (κ2) is 5.61. The summed E-state index contributed by atoms with van der Waals surface area (Å²) in [5, 5.41) is 5.43. The maximum absolute atomic E-state index is 13.2. The summed E-state index contributed by atoms with van der Waals surface area (Å²) in [4.78, 5) is 5.27. The molecule has 0 aliphatic rings. The van der Waals surface area contributed by atoms with E-state index >= 15 is 0 Å². The molecule has 0 spiro atoms. The lowest BCUT2D eigenvalue weighted by Gasteiger charge is -2.11. The normalized spacial score (nSPS) is 11.5. The minimum Gasteiger partial charge on any atom is -0.378 e. The molecule has 0 fully saturated rings. The number of nitrogens with zero attached hydrogens (tertiary/aromatic N) is 2. The van der Waals surface area contributed by atoms with Gasteiger partial charge in [0, 0.05) is 23.7 Å². The zero-order chi connectivity index (χ0) is 15.0. The van der Waals surface area contributed by atoms with Gasteiger partial charge in [-0.25, -0.2) is 4.98 Å². The Morgan fingerprint density at radius 1 is 1.48 bits per heavy atom. The molecule has 3 heterocycles. The second-order valence-corrected chi connectivity index (χ2v) is 6.04. The van der Waals surface area contributed by atoms with Crippen molar-refractivity contribution in [2.24, 2.45) is 0 Å². The number of anilines is 1. The van der Waals surface area contributed by atoms with Crippen LogP contribution in [0.3, 0.4) is 0 Å². The molecule has 0 saturated carbocycles. The van der Waals surface area contributed by atoms with Crippen molar-refractivity contribution in [3.05, 3.63) is 45.4 Å². The Morgan fingerprint density at radius 3 is 2.95 bits per heavy atom. The van der Waals surface area contributed by atoms with Gasteiger partial charge in [0.05, 0.1) is 16.7 Å². The monoisotopic (exact) mass is 327 g/mol. The molecule has 0 amide bonds. The zero-order valence-corrected chi connectivity index (χ0v) is 12.7. The molecule has 0 aromatic carbocycles. The minimum absolute atomic E-state index is 0.284. The molecule has 0 bridgehead atoms. The third kappa shape index (κ3) is 2.73. The zero-order valence-electron chi connectivity index (χ0n) is 11.1. The van der Waals surface area contributed by atoms with Gasteiger partial charge in [-0.15, -0.1) is 11.3 Å². The lowest BCUT2D eigenvalue weighted by atomic mass is 10.2. The van der Waals surface area contributed by atoms with Gasteiger partial charge >= 0.3 is 6.55 Å². The average molecular weight is 328 g/mol. The quantitative estimate of drug-likeness (QED) is 0.678. The van der Waals surface area contributed by atoms with Crippen LogP contribution in [0, 0.1) is 6.92 Å². The molecule has 0 saturated heterocycles. The van der Waals surface area contributed by atoms with Crippen LogP contribution < -0.4 is 5.32 Å². The number of thiophene rings is 1. The Bertz CT molecular complexity index is 768. The summed E-state index contributed by atoms with van der Waals surface area (Å²) in [6.07, 6.45) is 1.40. The Kier molecular flexibility index (Phi) is 3.82. The van der Waals surface area contributed by atoms with E-state index in [1.54, 1.807) is 24.3 Å². The Labute approximate surface area is 129 Å². The number of alkyl halides is 2. The first-order valence-electron chi connectivity index (χ1n) is 6.28. The van der Waals surface area contributed by atoms with E-state index in [2.05, 4.69) is 10.3 Å². The molecule has 7 heteroatoms. The second-order valence-electron chi connectivity index (χ2n) is 4.62. The molecule has 3 aromatic rings. The van der Waals surface area contributed by atoms with Gasteiger partial charge in [-0.1, -0.05) is 17.7 Å². The maximum Gasteiger partial charge on any atom is 0.319 e. The van der Waals surface area contributed by atoms with Crippen LogP contribution in [0.5, 0.6) is 0 Å². The van der Waals surface area contributed by atoms with E-state index in [-0.39, 0.29) is 5.15 Å². The van der Waals surface area contributed by atoms with Gasteiger partial charge in [-0.2, -0.15) is 8.78 Å². The molecule has 3 rings (SSSR count). The largest absolute Gasteiger partial charge is 0.378 e. The number of fused-ring (bicyclic) bond motifs is 1. The van der Waals surface area contributed by atoms with Crippen LogP contribution in [0.1, 0.15) is 17.0 Å². The van der Waals surface area contributed by atoms with Crippen molar-refractivity contribution < 1.29 is 8.78 Å². The summed E-state index contributed by atoms with van der Waals surface area (Å²) >= 11 is 7.60. The van der Waals surface area contributed by atoms with Crippen molar-refractivity contribution >= 4 is 39.7 Å². The molecular weight excluding hydrogens is 316 g/mol. The van der Waals surface area contributed by atoms with E-state index in [1.165, 1.54) is 6.20 Å². The highest BCUT2D eigenvalue weighted by molar-refractivity contribution is 7.09. The minimum atomic E-state index is -2.62. The Morgan fingerprint density at radius 2 is 2.29 bits per heavy atom. The third-order valence-electron chi connectivity index (χ3n) is 3.17. The van der Waals surface area contributed by atoms with E-state index in [9.17, 15) is 8.78 Å². The molecule has 0 aliphatic heterocycles. The predicted molar refractivity (Wildman–Crippen MR) is 82.4 cm³/mol.